The predicted molar refractivity (Wildman–Crippen MR) is 120 cm³/mol. The van der Waals surface area contributed by atoms with Crippen LogP contribution in [0.15, 0.2) is 53.6 Å². The van der Waals surface area contributed by atoms with Crippen molar-refractivity contribution in [3.05, 3.63) is 48.7 Å². The molecule has 3 aromatic rings. The standard InChI is InChI=1S/C21H26N8O2S/c30-32(31,28-11-5-2-6-12-28)19-9-10-20(22-17-19)26-13-15-27(16-14-26)21-23-24-25-29(21)18-7-3-1-4-8-18/h1,3-4,7-10,17H,2,5-6,11-16H2. The van der Waals surface area contributed by atoms with E-state index in [9.17, 15) is 8.42 Å². The maximum atomic E-state index is 12.8. The Morgan fingerprint density at radius 1 is 0.781 bits per heavy atom. The molecule has 2 saturated heterocycles. The zero-order chi connectivity index (χ0) is 22.0. The first-order valence-corrected chi connectivity index (χ1v) is 12.4. The number of hydrogen-bond acceptors (Lipinski definition) is 8. The fourth-order valence-electron chi connectivity index (χ4n) is 4.22. The molecule has 0 aliphatic carbocycles. The first-order chi connectivity index (χ1) is 15.6. The molecule has 0 saturated carbocycles. The highest BCUT2D eigenvalue weighted by Gasteiger charge is 2.27. The summed E-state index contributed by atoms with van der Waals surface area (Å²) >= 11 is 0. The molecule has 0 bridgehead atoms. The number of hydrogen-bond donors (Lipinski definition) is 0. The molecular weight excluding hydrogens is 428 g/mol. The van der Waals surface area contributed by atoms with E-state index < -0.39 is 10.0 Å². The van der Waals surface area contributed by atoms with Crippen molar-refractivity contribution in [1.29, 1.82) is 0 Å². The molecule has 4 heterocycles. The third-order valence-corrected chi connectivity index (χ3v) is 7.90. The van der Waals surface area contributed by atoms with Gasteiger partial charge in [-0.3, -0.25) is 0 Å². The number of rotatable bonds is 5. The van der Waals surface area contributed by atoms with E-state index in [1.165, 1.54) is 6.20 Å². The van der Waals surface area contributed by atoms with Gasteiger partial charge in [0.25, 0.3) is 0 Å². The lowest BCUT2D eigenvalue weighted by molar-refractivity contribution is 0.346. The first kappa shape index (κ1) is 20.8. The second-order valence-corrected chi connectivity index (χ2v) is 9.96. The molecule has 32 heavy (non-hydrogen) atoms. The van der Waals surface area contributed by atoms with Crippen LogP contribution in [0.3, 0.4) is 0 Å². The van der Waals surface area contributed by atoms with E-state index in [2.05, 4.69) is 30.3 Å². The van der Waals surface area contributed by atoms with Crippen molar-refractivity contribution in [1.82, 2.24) is 29.5 Å². The van der Waals surface area contributed by atoms with Gasteiger partial charge < -0.3 is 9.80 Å². The molecular formula is C21H26N8O2S. The Labute approximate surface area is 187 Å². The average molecular weight is 455 g/mol. The number of pyridine rings is 1. The Kier molecular flexibility index (Phi) is 5.75. The van der Waals surface area contributed by atoms with Crippen LogP contribution >= 0.6 is 0 Å². The van der Waals surface area contributed by atoms with Crippen molar-refractivity contribution < 1.29 is 8.42 Å². The van der Waals surface area contributed by atoms with Gasteiger partial charge in [-0.2, -0.15) is 8.99 Å². The lowest BCUT2D eigenvalue weighted by Gasteiger charge is -2.35. The lowest BCUT2D eigenvalue weighted by Crippen LogP contribution is -2.47. The first-order valence-electron chi connectivity index (χ1n) is 10.9. The molecule has 168 valence electrons. The number of sulfonamides is 1. The van der Waals surface area contributed by atoms with Crippen molar-refractivity contribution in [2.75, 3.05) is 49.1 Å². The fourth-order valence-corrected chi connectivity index (χ4v) is 5.68. The van der Waals surface area contributed by atoms with E-state index in [4.69, 9.17) is 0 Å². The molecule has 0 radical (unpaired) electrons. The number of tetrazole rings is 1. The Bertz CT molecular complexity index is 1140. The summed E-state index contributed by atoms with van der Waals surface area (Å²) in [7, 11) is -3.46. The van der Waals surface area contributed by atoms with Gasteiger partial charge in [0.2, 0.25) is 16.0 Å². The van der Waals surface area contributed by atoms with Crippen LogP contribution in [0, 0.1) is 0 Å². The molecule has 2 aromatic heterocycles. The predicted octanol–water partition coefficient (Wildman–Crippen LogP) is 1.56. The normalized spacial score (nSPS) is 18.1. The molecule has 0 spiro atoms. The van der Waals surface area contributed by atoms with Gasteiger partial charge in [-0.05, 0) is 47.5 Å². The van der Waals surface area contributed by atoms with Gasteiger partial charge in [0.1, 0.15) is 10.7 Å². The highest BCUT2D eigenvalue weighted by molar-refractivity contribution is 7.89. The zero-order valence-corrected chi connectivity index (χ0v) is 18.6. The summed E-state index contributed by atoms with van der Waals surface area (Å²) in [5.41, 5.74) is 0.919. The molecule has 0 unspecified atom stereocenters. The van der Waals surface area contributed by atoms with E-state index in [0.29, 0.717) is 19.0 Å². The monoisotopic (exact) mass is 454 g/mol. The lowest BCUT2D eigenvalue weighted by atomic mass is 10.2. The van der Waals surface area contributed by atoms with E-state index in [0.717, 1.165) is 56.9 Å². The molecule has 2 aliphatic heterocycles. The van der Waals surface area contributed by atoms with Gasteiger partial charge in [-0.1, -0.05) is 29.7 Å². The number of piperidine rings is 1. The van der Waals surface area contributed by atoms with Gasteiger partial charge in [-0.15, -0.1) is 0 Å². The largest absolute Gasteiger partial charge is 0.353 e. The van der Waals surface area contributed by atoms with Gasteiger partial charge in [0.05, 0.1) is 5.69 Å². The van der Waals surface area contributed by atoms with Crippen molar-refractivity contribution >= 4 is 21.8 Å². The number of benzene rings is 1. The number of aromatic nitrogens is 5. The maximum Gasteiger partial charge on any atom is 0.250 e. The molecule has 0 amide bonds. The second kappa shape index (κ2) is 8.83. The molecule has 2 fully saturated rings. The highest BCUT2D eigenvalue weighted by atomic mass is 32.2. The molecule has 0 N–H and O–H groups in total. The van der Waals surface area contributed by atoms with Crippen LogP contribution in [0.25, 0.3) is 5.69 Å². The summed E-state index contributed by atoms with van der Waals surface area (Å²) in [6.07, 6.45) is 4.42. The average Bonchev–Trinajstić information content (AvgIpc) is 3.35. The Balaban J connectivity index is 1.25. The van der Waals surface area contributed by atoms with Crippen LogP contribution in [0.5, 0.6) is 0 Å². The Hall–Kier alpha value is -3.05. The van der Waals surface area contributed by atoms with Gasteiger partial charge in [-0.25, -0.2) is 13.4 Å². The zero-order valence-electron chi connectivity index (χ0n) is 17.8. The number of piperazine rings is 1. The highest BCUT2D eigenvalue weighted by Crippen LogP contribution is 2.23. The van der Waals surface area contributed by atoms with E-state index >= 15 is 0 Å². The number of anilines is 2. The number of nitrogens with zero attached hydrogens (tertiary/aromatic N) is 8. The third kappa shape index (κ3) is 4.05. The van der Waals surface area contributed by atoms with Crippen LogP contribution < -0.4 is 9.80 Å². The van der Waals surface area contributed by atoms with Crippen molar-refractivity contribution in [2.45, 2.75) is 24.2 Å². The molecule has 5 rings (SSSR count). The Morgan fingerprint density at radius 3 is 2.19 bits per heavy atom. The summed E-state index contributed by atoms with van der Waals surface area (Å²) in [6.45, 7) is 4.15. The van der Waals surface area contributed by atoms with Crippen molar-refractivity contribution in [2.24, 2.45) is 0 Å². The summed E-state index contributed by atoms with van der Waals surface area (Å²) in [5.74, 6) is 1.50. The molecule has 11 heteroatoms. The Morgan fingerprint density at radius 2 is 1.50 bits per heavy atom. The van der Waals surface area contributed by atoms with E-state index in [1.807, 2.05) is 30.3 Å². The van der Waals surface area contributed by atoms with E-state index in [1.54, 1.807) is 21.1 Å². The second-order valence-electron chi connectivity index (χ2n) is 8.02. The summed E-state index contributed by atoms with van der Waals surface area (Å²) in [6, 6.07) is 13.3. The third-order valence-electron chi connectivity index (χ3n) is 6.01. The van der Waals surface area contributed by atoms with Gasteiger partial charge in [0.15, 0.2) is 0 Å². The number of para-hydroxylation sites is 1. The summed E-state index contributed by atoms with van der Waals surface area (Å²) in [5, 5.41) is 12.2. The fraction of sp³-hybridized carbons (Fsp3) is 0.429. The maximum absolute atomic E-state index is 12.8. The van der Waals surface area contributed by atoms with Crippen LogP contribution in [0.2, 0.25) is 0 Å². The molecule has 1 aromatic carbocycles. The van der Waals surface area contributed by atoms with Crippen molar-refractivity contribution in [3.63, 3.8) is 0 Å². The van der Waals surface area contributed by atoms with E-state index in [-0.39, 0.29) is 4.90 Å². The minimum absolute atomic E-state index is 0.267. The summed E-state index contributed by atoms with van der Waals surface area (Å²) in [4.78, 5) is 9.05. The molecule has 0 atom stereocenters. The van der Waals surface area contributed by atoms with Crippen molar-refractivity contribution in [3.8, 4) is 5.69 Å². The topological polar surface area (TPSA) is 100 Å². The molecule has 10 nitrogen and oxygen atoms in total. The van der Waals surface area contributed by atoms with Crippen LogP contribution in [-0.4, -0.2) is 77.2 Å². The minimum atomic E-state index is -3.46. The quantitative estimate of drug-likeness (QED) is 0.573. The van der Waals surface area contributed by atoms with Gasteiger partial charge >= 0.3 is 0 Å². The van der Waals surface area contributed by atoms with Crippen LogP contribution in [-0.2, 0) is 10.0 Å². The summed E-state index contributed by atoms with van der Waals surface area (Å²) < 4.78 is 29.0. The minimum Gasteiger partial charge on any atom is -0.353 e. The molecule has 2 aliphatic rings. The SMILES string of the molecule is O=S(=O)(c1ccc(N2CCN(c3nnnn3-c3ccccc3)CC2)nc1)N1CCCCC1. The van der Waals surface area contributed by atoms with Gasteiger partial charge in [0, 0.05) is 45.5 Å². The smallest absolute Gasteiger partial charge is 0.250 e. The van der Waals surface area contributed by atoms with Crippen LogP contribution in [0.1, 0.15) is 19.3 Å². The van der Waals surface area contributed by atoms with Crippen LogP contribution in [0.4, 0.5) is 11.8 Å².